The number of rotatable bonds is 16. The van der Waals surface area contributed by atoms with E-state index in [0.717, 1.165) is 57.3 Å². The normalized spacial score (nSPS) is 18.6. The van der Waals surface area contributed by atoms with Crippen molar-refractivity contribution in [3.05, 3.63) is 0 Å². The third-order valence-electron chi connectivity index (χ3n) is 5.90. The van der Waals surface area contributed by atoms with Crippen LogP contribution >= 0.6 is 0 Å². The lowest BCUT2D eigenvalue weighted by molar-refractivity contribution is -0.0350. The molecule has 0 heterocycles. The maximum Gasteiger partial charge on any atom is 0.508 e. The molecule has 0 saturated heterocycles. The number of carbonyl (C=O) groups is 2. The van der Waals surface area contributed by atoms with Crippen molar-refractivity contribution < 1.29 is 28.5 Å². The summed E-state index contributed by atoms with van der Waals surface area (Å²) < 4.78 is 21.2. The van der Waals surface area contributed by atoms with Gasteiger partial charge in [0.25, 0.3) is 0 Å². The summed E-state index contributed by atoms with van der Waals surface area (Å²) in [5.74, 6) is 1.45. The van der Waals surface area contributed by atoms with Gasteiger partial charge in [0.05, 0.1) is 13.2 Å². The third kappa shape index (κ3) is 16.2. The topological polar surface area (TPSA) is 71.1 Å². The predicted molar refractivity (Wildman–Crippen MR) is 127 cm³/mol. The highest BCUT2D eigenvalue weighted by Crippen LogP contribution is 2.24. The van der Waals surface area contributed by atoms with Gasteiger partial charge in [-0.05, 0) is 50.4 Å². The minimum Gasteiger partial charge on any atom is -0.434 e. The number of carbonyl (C=O) groups excluding carboxylic acids is 2. The Bertz CT molecular complexity index is 491. The van der Waals surface area contributed by atoms with Gasteiger partial charge in [0, 0.05) is 6.42 Å². The van der Waals surface area contributed by atoms with Crippen LogP contribution in [0.1, 0.15) is 118 Å². The van der Waals surface area contributed by atoms with Crippen LogP contribution in [0.5, 0.6) is 0 Å². The van der Waals surface area contributed by atoms with Crippen molar-refractivity contribution in [1.29, 1.82) is 0 Å². The van der Waals surface area contributed by atoms with Crippen LogP contribution in [0.4, 0.5) is 9.59 Å². The average Bonchev–Trinajstić information content (AvgIpc) is 2.72. The van der Waals surface area contributed by atoms with Crippen LogP contribution in [0.15, 0.2) is 0 Å². The molecular formula is C26H48O6. The van der Waals surface area contributed by atoms with Crippen molar-refractivity contribution in [3.8, 4) is 0 Å². The Morgan fingerprint density at radius 2 is 1.06 bits per heavy atom. The molecule has 0 amide bonds. The maximum atomic E-state index is 12.0. The molecule has 0 aromatic carbocycles. The Hall–Kier alpha value is -1.46. The fourth-order valence-electron chi connectivity index (χ4n) is 3.98. The molecule has 1 aliphatic carbocycles. The number of ether oxygens (including phenoxy) is 4. The summed E-state index contributed by atoms with van der Waals surface area (Å²) in [6.07, 6.45) is 12.5. The highest BCUT2D eigenvalue weighted by molar-refractivity contribution is 5.60. The zero-order valence-corrected chi connectivity index (χ0v) is 21.1. The maximum absolute atomic E-state index is 12.0. The van der Waals surface area contributed by atoms with Crippen molar-refractivity contribution in [3.63, 3.8) is 0 Å². The Labute approximate surface area is 196 Å². The number of hydrogen-bond acceptors (Lipinski definition) is 6. The molecule has 1 saturated carbocycles. The quantitative estimate of drug-likeness (QED) is 0.174. The summed E-state index contributed by atoms with van der Waals surface area (Å²) in [5.41, 5.74) is 0. The SMILES string of the molecule is CC(C)CCCCCCCCOC(=O)OC1CCCC(OC(=O)OCCCCC(C)C)C1. The van der Waals surface area contributed by atoms with Crippen LogP contribution in [0, 0.1) is 11.8 Å². The number of hydrogen-bond donors (Lipinski definition) is 0. The molecule has 6 nitrogen and oxygen atoms in total. The molecule has 188 valence electrons. The van der Waals surface area contributed by atoms with E-state index in [1.165, 1.54) is 32.1 Å². The summed E-state index contributed by atoms with van der Waals surface area (Å²) in [4.78, 5) is 23.8. The molecule has 0 bridgehead atoms. The van der Waals surface area contributed by atoms with Gasteiger partial charge in [-0.15, -0.1) is 0 Å². The van der Waals surface area contributed by atoms with E-state index in [2.05, 4.69) is 27.7 Å². The molecule has 1 fully saturated rings. The lowest BCUT2D eigenvalue weighted by atomic mass is 9.95. The van der Waals surface area contributed by atoms with E-state index in [9.17, 15) is 9.59 Å². The molecule has 0 aliphatic heterocycles. The fourth-order valence-corrected chi connectivity index (χ4v) is 3.98. The van der Waals surface area contributed by atoms with Crippen LogP contribution in [-0.4, -0.2) is 37.7 Å². The van der Waals surface area contributed by atoms with Crippen molar-refractivity contribution in [2.75, 3.05) is 13.2 Å². The highest BCUT2D eigenvalue weighted by atomic mass is 16.7. The zero-order valence-electron chi connectivity index (χ0n) is 21.1. The Kier molecular flexibility index (Phi) is 16.1. The van der Waals surface area contributed by atoms with Gasteiger partial charge < -0.3 is 18.9 Å². The summed E-state index contributed by atoms with van der Waals surface area (Å²) in [6.45, 7) is 9.69. The molecule has 1 aliphatic rings. The van der Waals surface area contributed by atoms with Crippen LogP contribution in [0.3, 0.4) is 0 Å². The Morgan fingerprint density at radius 1 is 0.656 bits per heavy atom. The first-order valence-electron chi connectivity index (χ1n) is 13.0. The minimum absolute atomic E-state index is 0.263. The van der Waals surface area contributed by atoms with E-state index in [0.29, 0.717) is 25.6 Å². The summed E-state index contributed by atoms with van der Waals surface area (Å²) in [7, 11) is 0. The smallest absolute Gasteiger partial charge is 0.434 e. The lowest BCUT2D eigenvalue weighted by Gasteiger charge is -2.28. The monoisotopic (exact) mass is 456 g/mol. The summed E-state index contributed by atoms with van der Waals surface area (Å²) in [6, 6.07) is 0. The first-order valence-corrected chi connectivity index (χ1v) is 13.0. The fraction of sp³-hybridized carbons (Fsp3) is 0.923. The molecule has 0 radical (unpaired) electrons. The van der Waals surface area contributed by atoms with Gasteiger partial charge >= 0.3 is 12.3 Å². The van der Waals surface area contributed by atoms with Gasteiger partial charge in [0.1, 0.15) is 12.2 Å². The van der Waals surface area contributed by atoms with Gasteiger partial charge in [-0.25, -0.2) is 9.59 Å². The van der Waals surface area contributed by atoms with E-state index in [-0.39, 0.29) is 12.2 Å². The molecule has 1 rings (SSSR count). The second-order valence-corrected chi connectivity index (χ2v) is 10.0. The van der Waals surface area contributed by atoms with E-state index >= 15 is 0 Å². The molecule has 0 aromatic rings. The molecule has 2 atom stereocenters. The van der Waals surface area contributed by atoms with Crippen LogP contribution in [0.25, 0.3) is 0 Å². The lowest BCUT2D eigenvalue weighted by Crippen LogP contribution is -2.32. The van der Waals surface area contributed by atoms with Gasteiger partial charge in [-0.2, -0.15) is 0 Å². The predicted octanol–water partition coefficient (Wildman–Crippen LogP) is 7.82. The Balaban J connectivity index is 2.05. The van der Waals surface area contributed by atoms with Crippen molar-refractivity contribution in [2.45, 2.75) is 130 Å². The molecule has 0 N–H and O–H groups in total. The van der Waals surface area contributed by atoms with Crippen LogP contribution in [-0.2, 0) is 18.9 Å². The van der Waals surface area contributed by atoms with Gasteiger partial charge in [-0.1, -0.05) is 72.6 Å². The minimum atomic E-state index is -0.619. The molecule has 2 unspecified atom stereocenters. The molecule has 0 spiro atoms. The van der Waals surface area contributed by atoms with E-state index < -0.39 is 12.3 Å². The summed E-state index contributed by atoms with van der Waals surface area (Å²) >= 11 is 0. The van der Waals surface area contributed by atoms with Crippen LogP contribution in [0.2, 0.25) is 0 Å². The standard InChI is InChI=1S/C26H48O6/c1-21(2)14-9-7-5-6-8-11-18-29-25(27)31-23-16-13-17-24(20-23)32-26(28)30-19-12-10-15-22(3)4/h21-24H,5-20H2,1-4H3. The second kappa shape index (κ2) is 18.0. The zero-order chi connectivity index (χ0) is 23.6. The molecule has 0 aromatic heterocycles. The van der Waals surface area contributed by atoms with Gasteiger partial charge in [0.15, 0.2) is 0 Å². The molecular weight excluding hydrogens is 408 g/mol. The Morgan fingerprint density at radius 3 is 1.56 bits per heavy atom. The first-order chi connectivity index (χ1) is 15.4. The van der Waals surface area contributed by atoms with E-state index in [1.807, 2.05) is 0 Å². The third-order valence-corrected chi connectivity index (χ3v) is 5.90. The number of unbranched alkanes of at least 4 members (excludes halogenated alkanes) is 6. The largest absolute Gasteiger partial charge is 0.508 e. The van der Waals surface area contributed by atoms with E-state index in [1.54, 1.807) is 0 Å². The van der Waals surface area contributed by atoms with Crippen molar-refractivity contribution in [1.82, 2.24) is 0 Å². The first kappa shape index (κ1) is 28.6. The van der Waals surface area contributed by atoms with Crippen molar-refractivity contribution in [2.24, 2.45) is 11.8 Å². The van der Waals surface area contributed by atoms with Crippen LogP contribution < -0.4 is 0 Å². The van der Waals surface area contributed by atoms with Crippen molar-refractivity contribution >= 4 is 12.3 Å². The summed E-state index contributed by atoms with van der Waals surface area (Å²) in [5, 5.41) is 0. The molecule has 6 heteroatoms. The van der Waals surface area contributed by atoms with E-state index in [4.69, 9.17) is 18.9 Å². The van der Waals surface area contributed by atoms with Gasteiger partial charge in [-0.3, -0.25) is 0 Å². The average molecular weight is 457 g/mol. The molecule has 32 heavy (non-hydrogen) atoms. The highest BCUT2D eigenvalue weighted by Gasteiger charge is 2.28. The van der Waals surface area contributed by atoms with Gasteiger partial charge in [0.2, 0.25) is 0 Å². The second-order valence-electron chi connectivity index (χ2n) is 10.0.